The molecule has 6 heteroatoms. The van der Waals surface area contributed by atoms with Gasteiger partial charge in [-0.25, -0.2) is 9.67 Å². The fourth-order valence-corrected chi connectivity index (χ4v) is 1.87. The Morgan fingerprint density at radius 1 is 1.35 bits per heavy atom. The van der Waals surface area contributed by atoms with Gasteiger partial charge in [-0.1, -0.05) is 6.92 Å². The van der Waals surface area contributed by atoms with Gasteiger partial charge < -0.3 is 10.1 Å². The second-order valence-corrected chi connectivity index (χ2v) is 4.79. The molecule has 0 fully saturated rings. The summed E-state index contributed by atoms with van der Waals surface area (Å²) >= 11 is 0. The molecule has 0 aromatic carbocycles. The van der Waals surface area contributed by atoms with Crippen LogP contribution in [0.5, 0.6) is 11.9 Å². The number of nitrogens with one attached hydrogen (secondary N) is 1. The first-order valence-electron chi connectivity index (χ1n) is 6.82. The van der Waals surface area contributed by atoms with Gasteiger partial charge in [0.25, 0.3) is 0 Å². The van der Waals surface area contributed by atoms with Crippen molar-refractivity contribution in [3.63, 3.8) is 0 Å². The lowest BCUT2D eigenvalue weighted by atomic mass is 10.2. The van der Waals surface area contributed by atoms with E-state index in [0.717, 1.165) is 36.5 Å². The van der Waals surface area contributed by atoms with Gasteiger partial charge in [0.15, 0.2) is 0 Å². The second-order valence-electron chi connectivity index (χ2n) is 4.79. The minimum absolute atomic E-state index is 0.352. The Morgan fingerprint density at radius 3 is 2.75 bits per heavy atom. The Labute approximate surface area is 119 Å². The van der Waals surface area contributed by atoms with Gasteiger partial charge in [0, 0.05) is 37.1 Å². The zero-order chi connectivity index (χ0) is 14.5. The number of hydrogen-bond donors (Lipinski definition) is 1. The highest BCUT2D eigenvalue weighted by Crippen LogP contribution is 2.18. The van der Waals surface area contributed by atoms with Crippen molar-refractivity contribution >= 4 is 0 Å². The summed E-state index contributed by atoms with van der Waals surface area (Å²) in [6.07, 6.45) is 2.92. The third-order valence-corrected chi connectivity index (χ3v) is 2.96. The maximum atomic E-state index is 5.65. The number of hydrogen-bond acceptors (Lipinski definition) is 5. The average Bonchev–Trinajstić information content (AvgIpc) is 2.71. The average molecular weight is 275 g/mol. The van der Waals surface area contributed by atoms with Crippen LogP contribution in [-0.2, 0) is 13.6 Å². The van der Waals surface area contributed by atoms with Crippen LogP contribution >= 0.6 is 0 Å². The Kier molecular flexibility index (Phi) is 4.68. The first kappa shape index (κ1) is 14.5. The van der Waals surface area contributed by atoms with Crippen molar-refractivity contribution < 1.29 is 4.74 Å². The summed E-state index contributed by atoms with van der Waals surface area (Å²) in [7, 11) is 1.83. The largest absolute Gasteiger partial charge is 0.405 e. The van der Waals surface area contributed by atoms with E-state index >= 15 is 0 Å². The summed E-state index contributed by atoms with van der Waals surface area (Å²) in [5, 5.41) is 7.56. The zero-order valence-electron chi connectivity index (χ0n) is 12.5. The normalized spacial score (nSPS) is 10.8. The Hall–Kier alpha value is -1.95. The topological polar surface area (TPSA) is 64.9 Å². The number of aryl methyl sites for hydroxylation is 3. The standard InChI is InChI=1S/C14H21N5O/c1-5-6-15-8-12-9-16-14(17-11(12)3)20-13-7-10(2)18-19(13)4/h7,9,15H,5-6,8H2,1-4H3. The fourth-order valence-electron chi connectivity index (χ4n) is 1.87. The molecule has 2 aromatic rings. The van der Waals surface area contributed by atoms with E-state index in [-0.39, 0.29) is 0 Å². The molecular formula is C14H21N5O. The SMILES string of the molecule is CCCNCc1cnc(Oc2cc(C)nn2C)nc1C. The lowest BCUT2D eigenvalue weighted by Crippen LogP contribution is -2.15. The predicted molar refractivity (Wildman–Crippen MR) is 76.8 cm³/mol. The molecule has 0 aliphatic heterocycles. The summed E-state index contributed by atoms with van der Waals surface area (Å²) in [6, 6.07) is 2.21. The van der Waals surface area contributed by atoms with Gasteiger partial charge in [0.1, 0.15) is 0 Å². The van der Waals surface area contributed by atoms with Crippen LogP contribution in [0.25, 0.3) is 0 Å². The minimum Gasteiger partial charge on any atom is -0.405 e. The zero-order valence-corrected chi connectivity index (χ0v) is 12.5. The molecule has 2 rings (SSSR count). The Bertz CT molecular complexity index is 579. The van der Waals surface area contributed by atoms with Crippen LogP contribution in [0, 0.1) is 13.8 Å². The molecule has 0 aliphatic carbocycles. The van der Waals surface area contributed by atoms with Gasteiger partial charge >= 0.3 is 6.01 Å². The monoisotopic (exact) mass is 275 g/mol. The first-order chi connectivity index (χ1) is 9.60. The highest BCUT2D eigenvalue weighted by Gasteiger charge is 2.08. The summed E-state index contributed by atoms with van der Waals surface area (Å²) in [6.45, 7) is 7.80. The van der Waals surface area contributed by atoms with Crippen LogP contribution in [-0.4, -0.2) is 26.3 Å². The molecule has 0 amide bonds. The molecule has 0 aliphatic rings. The van der Waals surface area contributed by atoms with Crippen molar-refractivity contribution in [3.05, 3.63) is 29.2 Å². The molecule has 0 spiro atoms. The van der Waals surface area contributed by atoms with Crippen LogP contribution in [0.2, 0.25) is 0 Å². The molecule has 0 radical (unpaired) electrons. The third kappa shape index (κ3) is 3.54. The van der Waals surface area contributed by atoms with Crippen molar-refractivity contribution in [2.45, 2.75) is 33.7 Å². The summed E-state index contributed by atoms with van der Waals surface area (Å²) < 4.78 is 7.32. The summed E-state index contributed by atoms with van der Waals surface area (Å²) in [5.41, 5.74) is 2.92. The van der Waals surface area contributed by atoms with Crippen LogP contribution in [0.1, 0.15) is 30.3 Å². The Morgan fingerprint density at radius 2 is 2.15 bits per heavy atom. The van der Waals surface area contributed by atoms with E-state index in [0.29, 0.717) is 11.9 Å². The number of ether oxygens (including phenoxy) is 1. The first-order valence-corrected chi connectivity index (χ1v) is 6.82. The van der Waals surface area contributed by atoms with Gasteiger partial charge in [-0.15, -0.1) is 0 Å². The maximum Gasteiger partial charge on any atom is 0.323 e. The molecule has 20 heavy (non-hydrogen) atoms. The highest BCUT2D eigenvalue weighted by atomic mass is 16.5. The number of rotatable bonds is 6. The quantitative estimate of drug-likeness (QED) is 0.818. The van der Waals surface area contributed by atoms with E-state index in [1.165, 1.54) is 0 Å². The van der Waals surface area contributed by atoms with Gasteiger partial charge in [0.2, 0.25) is 5.88 Å². The molecule has 108 valence electrons. The van der Waals surface area contributed by atoms with E-state index in [1.54, 1.807) is 4.68 Å². The molecule has 6 nitrogen and oxygen atoms in total. The highest BCUT2D eigenvalue weighted by molar-refractivity contribution is 5.22. The fraction of sp³-hybridized carbons (Fsp3) is 0.500. The van der Waals surface area contributed by atoms with Crippen LogP contribution in [0.4, 0.5) is 0 Å². The smallest absolute Gasteiger partial charge is 0.323 e. The van der Waals surface area contributed by atoms with Crippen molar-refractivity contribution in [3.8, 4) is 11.9 Å². The molecule has 0 bridgehead atoms. The van der Waals surface area contributed by atoms with E-state index in [4.69, 9.17) is 4.74 Å². The van der Waals surface area contributed by atoms with Crippen LogP contribution in [0.15, 0.2) is 12.3 Å². The molecule has 0 unspecified atom stereocenters. The van der Waals surface area contributed by atoms with Crippen LogP contribution < -0.4 is 10.1 Å². The van der Waals surface area contributed by atoms with E-state index in [1.807, 2.05) is 33.2 Å². The molecular weight excluding hydrogens is 254 g/mol. The van der Waals surface area contributed by atoms with E-state index in [2.05, 4.69) is 27.3 Å². The summed E-state index contributed by atoms with van der Waals surface area (Å²) in [5.74, 6) is 0.638. The lowest BCUT2D eigenvalue weighted by Gasteiger charge is -2.08. The lowest BCUT2D eigenvalue weighted by molar-refractivity contribution is 0.397. The molecule has 1 N–H and O–H groups in total. The van der Waals surface area contributed by atoms with E-state index in [9.17, 15) is 0 Å². The van der Waals surface area contributed by atoms with Crippen molar-refractivity contribution in [1.29, 1.82) is 0 Å². The molecule has 0 saturated heterocycles. The van der Waals surface area contributed by atoms with Crippen molar-refractivity contribution in [2.24, 2.45) is 7.05 Å². The molecule has 0 atom stereocenters. The van der Waals surface area contributed by atoms with Crippen molar-refractivity contribution in [1.82, 2.24) is 25.1 Å². The van der Waals surface area contributed by atoms with Gasteiger partial charge in [-0.2, -0.15) is 10.1 Å². The minimum atomic E-state index is 0.352. The van der Waals surface area contributed by atoms with Gasteiger partial charge in [-0.3, -0.25) is 0 Å². The van der Waals surface area contributed by atoms with Gasteiger partial charge in [-0.05, 0) is 26.8 Å². The summed E-state index contributed by atoms with van der Waals surface area (Å²) in [4.78, 5) is 8.63. The number of aromatic nitrogens is 4. The van der Waals surface area contributed by atoms with Gasteiger partial charge in [0.05, 0.1) is 5.69 Å². The third-order valence-electron chi connectivity index (χ3n) is 2.96. The molecule has 2 aromatic heterocycles. The van der Waals surface area contributed by atoms with Crippen LogP contribution in [0.3, 0.4) is 0 Å². The predicted octanol–water partition coefficient (Wildman–Crippen LogP) is 2.12. The van der Waals surface area contributed by atoms with Crippen molar-refractivity contribution in [2.75, 3.05) is 6.54 Å². The second kappa shape index (κ2) is 6.47. The van der Waals surface area contributed by atoms with E-state index < -0.39 is 0 Å². The molecule has 2 heterocycles. The number of nitrogens with zero attached hydrogens (tertiary/aromatic N) is 4. The maximum absolute atomic E-state index is 5.65. The molecule has 0 saturated carbocycles. The Balaban J connectivity index is 2.07.